The quantitative estimate of drug-likeness (QED) is 0.427. The maximum absolute atomic E-state index is 13.2. The number of rotatable bonds is 4. The molecule has 2 aliphatic heterocycles. The van der Waals surface area contributed by atoms with Gasteiger partial charge in [-0.05, 0) is 55.3 Å². The lowest BCUT2D eigenvalue weighted by Crippen LogP contribution is -2.38. The topological polar surface area (TPSA) is 96.9 Å². The van der Waals surface area contributed by atoms with E-state index in [1.807, 2.05) is 24.3 Å². The molecule has 0 spiro atoms. The zero-order chi connectivity index (χ0) is 23.2. The predicted octanol–water partition coefficient (Wildman–Crippen LogP) is 4.24. The number of imide groups is 1. The fraction of sp³-hybridized carbons (Fsp3) is 0.231. The van der Waals surface area contributed by atoms with E-state index in [2.05, 4.69) is 4.98 Å². The van der Waals surface area contributed by atoms with E-state index in [0.717, 1.165) is 28.8 Å². The Balaban J connectivity index is 1.15. The summed E-state index contributed by atoms with van der Waals surface area (Å²) in [6, 6.07) is 15.8. The van der Waals surface area contributed by atoms with Gasteiger partial charge < -0.3 is 13.7 Å². The number of likely N-dealkylation sites (tertiary alicyclic amines) is 1. The number of furan rings is 1. The average Bonchev–Trinajstić information content (AvgIpc) is 3.60. The van der Waals surface area contributed by atoms with Crippen molar-refractivity contribution in [2.75, 3.05) is 13.1 Å². The molecule has 0 atom stereocenters. The van der Waals surface area contributed by atoms with Gasteiger partial charge >= 0.3 is 0 Å². The number of hydrogen-bond acceptors (Lipinski definition) is 6. The van der Waals surface area contributed by atoms with Crippen molar-refractivity contribution >= 4 is 28.8 Å². The molecule has 2 aliphatic rings. The van der Waals surface area contributed by atoms with E-state index in [1.165, 1.54) is 12.3 Å². The molecule has 1 saturated heterocycles. The number of benzene rings is 2. The van der Waals surface area contributed by atoms with Gasteiger partial charge in [-0.3, -0.25) is 19.3 Å². The van der Waals surface area contributed by atoms with Crippen molar-refractivity contribution in [1.29, 1.82) is 0 Å². The van der Waals surface area contributed by atoms with Gasteiger partial charge in [0.1, 0.15) is 11.3 Å². The molecule has 0 bridgehead atoms. The Labute approximate surface area is 194 Å². The maximum Gasteiger partial charge on any atom is 0.261 e. The molecule has 0 radical (unpaired) electrons. The van der Waals surface area contributed by atoms with Crippen molar-refractivity contribution in [3.8, 4) is 0 Å². The normalized spacial score (nSPS) is 16.5. The predicted molar refractivity (Wildman–Crippen MR) is 121 cm³/mol. The average molecular weight is 455 g/mol. The largest absolute Gasteiger partial charge is 0.467 e. The molecule has 4 heterocycles. The molecule has 0 N–H and O–H groups in total. The minimum Gasteiger partial charge on any atom is -0.467 e. The van der Waals surface area contributed by atoms with E-state index in [0.29, 0.717) is 35.9 Å². The van der Waals surface area contributed by atoms with Crippen molar-refractivity contribution in [2.24, 2.45) is 0 Å². The molecule has 34 heavy (non-hydrogen) atoms. The molecule has 1 fully saturated rings. The first kappa shape index (κ1) is 20.4. The van der Waals surface area contributed by atoms with E-state index in [1.54, 1.807) is 29.2 Å². The molecule has 2 aromatic carbocycles. The van der Waals surface area contributed by atoms with Crippen LogP contribution in [0.1, 0.15) is 61.5 Å². The third-order valence-corrected chi connectivity index (χ3v) is 6.55. The van der Waals surface area contributed by atoms with Crippen LogP contribution >= 0.6 is 0 Å². The van der Waals surface area contributed by atoms with Crippen LogP contribution in [0.2, 0.25) is 0 Å². The Bertz CT molecular complexity index is 1380. The third kappa shape index (κ3) is 3.39. The number of fused-ring (bicyclic) bond motifs is 2. The molecule has 6 rings (SSSR count). The highest BCUT2D eigenvalue weighted by Crippen LogP contribution is 2.31. The van der Waals surface area contributed by atoms with Crippen molar-refractivity contribution in [1.82, 2.24) is 14.8 Å². The van der Waals surface area contributed by atoms with Gasteiger partial charge in [0.15, 0.2) is 11.5 Å². The van der Waals surface area contributed by atoms with Crippen molar-refractivity contribution < 1.29 is 23.2 Å². The summed E-state index contributed by atoms with van der Waals surface area (Å²) >= 11 is 0. The summed E-state index contributed by atoms with van der Waals surface area (Å²) in [5.74, 6) is 0.448. The zero-order valence-electron chi connectivity index (χ0n) is 18.3. The Morgan fingerprint density at radius 1 is 0.971 bits per heavy atom. The van der Waals surface area contributed by atoms with Gasteiger partial charge in [0.05, 0.1) is 23.9 Å². The van der Waals surface area contributed by atoms with E-state index < -0.39 is 5.91 Å². The van der Waals surface area contributed by atoms with Gasteiger partial charge in [-0.25, -0.2) is 4.98 Å². The molecule has 8 heteroatoms. The van der Waals surface area contributed by atoms with Gasteiger partial charge in [0.2, 0.25) is 0 Å². The lowest BCUT2D eigenvalue weighted by atomic mass is 9.96. The Hall–Kier alpha value is -4.20. The molecule has 0 unspecified atom stereocenters. The minimum atomic E-state index is -0.416. The second kappa shape index (κ2) is 7.98. The fourth-order valence-corrected chi connectivity index (χ4v) is 4.70. The van der Waals surface area contributed by atoms with Crippen LogP contribution in [0.15, 0.2) is 69.7 Å². The first-order valence-electron chi connectivity index (χ1n) is 11.3. The Morgan fingerprint density at radius 2 is 1.76 bits per heavy atom. The minimum absolute atomic E-state index is 0.0615. The van der Waals surface area contributed by atoms with E-state index in [-0.39, 0.29) is 29.8 Å². The lowest BCUT2D eigenvalue weighted by Gasteiger charge is -2.30. The molecule has 8 nitrogen and oxygen atoms in total. The SMILES string of the molecule is O=C(c1ccc2c(c1)C(=O)N(Cc1ccco1)C2=O)N1CCC(c2nc3ccccc3o2)CC1. The number of amides is 3. The molecule has 0 aliphatic carbocycles. The van der Waals surface area contributed by atoms with Gasteiger partial charge in [-0.2, -0.15) is 0 Å². The van der Waals surface area contributed by atoms with Crippen LogP contribution in [0.5, 0.6) is 0 Å². The number of carbonyl (C=O) groups is 3. The van der Waals surface area contributed by atoms with Gasteiger partial charge in [0.25, 0.3) is 17.7 Å². The number of aromatic nitrogens is 1. The highest BCUT2D eigenvalue weighted by molar-refractivity contribution is 6.22. The first-order chi connectivity index (χ1) is 16.6. The molecular formula is C26H21N3O5. The van der Waals surface area contributed by atoms with E-state index >= 15 is 0 Å². The van der Waals surface area contributed by atoms with Crippen LogP contribution < -0.4 is 0 Å². The van der Waals surface area contributed by atoms with E-state index in [4.69, 9.17) is 8.83 Å². The summed E-state index contributed by atoms with van der Waals surface area (Å²) in [5.41, 5.74) is 2.58. The highest BCUT2D eigenvalue weighted by Gasteiger charge is 2.37. The summed E-state index contributed by atoms with van der Waals surface area (Å²) in [7, 11) is 0. The monoisotopic (exact) mass is 455 g/mol. The lowest BCUT2D eigenvalue weighted by molar-refractivity contribution is 0.0631. The van der Waals surface area contributed by atoms with Crippen LogP contribution in [0.25, 0.3) is 11.1 Å². The van der Waals surface area contributed by atoms with Crippen LogP contribution in [-0.2, 0) is 6.54 Å². The van der Waals surface area contributed by atoms with Crippen molar-refractivity contribution in [3.63, 3.8) is 0 Å². The number of oxazole rings is 1. The summed E-state index contributed by atoms with van der Waals surface area (Å²) in [4.78, 5) is 46.3. The van der Waals surface area contributed by atoms with Gasteiger partial charge in [-0.1, -0.05) is 12.1 Å². The van der Waals surface area contributed by atoms with Gasteiger partial charge in [-0.15, -0.1) is 0 Å². The maximum atomic E-state index is 13.2. The number of carbonyl (C=O) groups excluding carboxylic acids is 3. The van der Waals surface area contributed by atoms with Crippen LogP contribution in [-0.4, -0.2) is 45.6 Å². The first-order valence-corrected chi connectivity index (χ1v) is 11.3. The van der Waals surface area contributed by atoms with Crippen molar-refractivity contribution in [2.45, 2.75) is 25.3 Å². The summed E-state index contributed by atoms with van der Waals surface area (Å²) in [5, 5.41) is 0. The number of hydrogen-bond donors (Lipinski definition) is 0. The molecular weight excluding hydrogens is 434 g/mol. The number of nitrogens with zero attached hydrogens (tertiary/aromatic N) is 3. The van der Waals surface area contributed by atoms with Crippen molar-refractivity contribution in [3.05, 3.63) is 89.2 Å². The highest BCUT2D eigenvalue weighted by atomic mass is 16.3. The molecule has 170 valence electrons. The molecule has 4 aromatic rings. The Kier molecular flexibility index (Phi) is 4.79. The Morgan fingerprint density at radius 3 is 2.53 bits per heavy atom. The third-order valence-electron chi connectivity index (χ3n) is 6.55. The summed E-state index contributed by atoms with van der Waals surface area (Å²) in [6.45, 7) is 1.19. The molecule has 0 saturated carbocycles. The zero-order valence-corrected chi connectivity index (χ0v) is 18.3. The summed E-state index contributed by atoms with van der Waals surface area (Å²) in [6.07, 6.45) is 2.99. The van der Waals surface area contributed by atoms with Crippen LogP contribution in [0, 0.1) is 0 Å². The van der Waals surface area contributed by atoms with E-state index in [9.17, 15) is 14.4 Å². The van der Waals surface area contributed by atoms with Crippen LogP contribution in [0.4, 0.5) is 0 Å². The standard InChI is InChI=1S/C26H21N3O5/c30-24(28-11-9-16(10-12-28)23-27-21-5-1-2-6-22(21)34-23)17-7-8-19-20(14-17)26(32)29(25(19)31)15-18-4-3-13-33-18/h1-8,13-14,16H,9-12,15H2. The fourth-order valence-electron chi connectivity index (χ4n) is 4.70. The number of para-hydroxylation sites is 2. The van der Waals surface area contributed by atoms with Crippen LogP contribution in [0.3, 0.4) is 0 Å². The summed E-state index contributed by atoms with van der Waals surface area (Å²) < 4.78 is 11.2. The second-order valence-corrected chi connectivity index (χ2v) is 8.62. The number of piperidine rings is 1. The molecule has 3 amide bonds. The molecule has 2 aromatic heterocycles. The smallest absolute Gasteiger partial charge is 0.261 e. The second-order valence-electron chi connectivity index (χ2n) is 8.62. The van der Waals surface area contributed by atoms with Gasteiger partial charge in [0, 0.05) is 24.6 Å².